The highest BCUT2D eigenvalue weighted by Gasteiger charge is 2.30. The van der Waals surface area contributed by atoms with Crippen LogP contribution in [0.2, 0.25) is 5.02 Å². The lowest BCUT2D eigenvalue weighted by Gasteiger charge is -2.28. The van der Waals surface area contributed by atoms with Gasteiger partial charge in [-0.2, -0.15) is 4.31 Å². The highest BCUT2D eigenvalue weighted by Crippen LogP contribution is 2.24. The van der Waals surface area contributed by atoms with E-state index in [1.807, 2.05) is 0 Å². The second-order valence-electron chi connectivity index (χ2n) is 7.24. The molecule has 1 amide bonds. The fourth-order valence-corrected chi connectivity index (χ4v) is 6.00. The highest BCUT2D eigenvalue weighted by atomic mass is 35.5. The fraction of sp³-hybridized carbons (Fsp3) is 0.350. The van der Waals surface area contributed by atoms with Crippen molar-refractivity contribution < 1.29 is 26.4 Å². The number of morpholine rings is 1. The van der Waals surface area contributed by atoms with Gasteiger partial charge in [-0.25, -0.2) is 16.8 Å². The summed E-state index contributed by atoms with van der Waals surface area (Å²) in [6.07, 6.45) is 1.01. The average Bonchev–Trinajstić information content (AvgIpc) is 2.75. The summed E-state index contributed by atoms with van der Waals surface area (Å²) in [4.78, 5) is 12.9. The van der Waals surface area contributed by atoms with Crippen molar-refractivity contribution in [3.05, 3.63) is 53.6 Å². The van der Waals surface area contributed by atoms with Crippen LogP contribution in [0.5, 0.6) is 0 Å². The molecule has 12 heteroatoms. The summed E-state index contributed by atoms with van der Waals surface area (Å²) >= 11 is 5.88. The Bertz CT molecular complexity index is 1160. The standard InChI is InChI=1S/C20H24ClN3O6S2/c1-15(24(31(2,26)27)18-7-3-16(21)4-8-18)20(25)22-17-5-9-19(10-6-17)32(28,29)23-11-13-30-14-12-23/h3-10,15H,11-14H2,1-2H3,(H,22,25)/t15-/m1/s1. The van der Waals surface area contributed by atoms with Gasteiger partial charge < -0.3 is 10.1 Å². The van der Waals surface area contributed by atoms with Crippen LogP contribution in [0.4, 0.5) is 11.4 Å². The summed E-state index contributed by atoms with van der Waals surface area (Å²) in [7, 11) is -7.43. The van der Waals surface area contributed by atoms with E-state index in [9.17, 15) is 21.6 Å². The average molecular weight is 502 g/mol. The largest absolute Gasteiger partial charge is 0.379 e. The van der Waals surface area contributed by atoms with Crippen LogP contribution in [0, 0.1) is 0 Å². The number of sulfonamides is 2. The number of rotatable bonds is 7. The number of benzene rings is 2. The van der Waals surface area contributed by atoms with Crippen LogP contribution in [0.1, 0.15) is 6.92 Å². The maximum atomic E-state index is 12.8. The van der Waals surface area contributed by atoms with E-state index in [0.717, 1.165) is 10.6 Å². The van der Waals surface area contributed by atoms with Crippen molar-refractivity contribution in [1.82, 2.24) is 4.31 Å². The van der Waals surface area contributed by atoms with Crippen LogP contribution in [0.3, 0.4) is 0 Å². The predicted molar refractivity (Wildman–Crippen MR) is 123 cm³/mol. The van der Waals surface area contributed by atoms with Crippen LogP contribution in [-0.2, 0) is 29.6 Å². The molecule has 0 spiro atoms. The minimum absolute atomic E-state index is 0.101. The molecule has 9 nitrogen and oxygen atoms in total. The zero-order chi connectivity index (χ0) is 23.5. The minimum Gasteiger partial charge on any atom is -0.379 e. The number of hydrogen-bond acceptors (Lipinski definition) is 6. The molecule has 174 valence electrons. The van der Waals surface area contributed by atoms with Crippen molar-refractivity contribution in [2.75, 3.05) is 42.2 Å². The first-order valence-electron chi connectivity index (χ1n) is 9.74. The number of anilines is 2. The van der Waals surface area contributed by atoms with Crippen LogP contribution >= 0.6 is 11.6 Å². The van der Waals surface area contributed by atoms with Gasteiger partial charge in [-0.1, -0.05) is 11.6 Å². The van der Waals surface area contributed by atoms with Gasteiger partial charge in [0.1, 0.15) is 6.04 Å². The molecule has 0 bridgehead atoms. The lowest BCUT2D eigenvalue weighted by atomic mass is 10.2. The minimum atomic E-state index is -3.77. The van der Waals surface area contributed by atoms with Crippen LogP contribution in [0.15, 0.2) is 53.4 Å². The molecule has 0 saturated carbocycles. The molecule has 2 aromatic rings. The number of amides is 1. The summed E-state index contributed by atoms with van der Waals surface area (Å²) in [6.45, 7) is 2.71. The smallest absolute Gasteiger partial charge is 0.247 e. The van der Waals surface area contributed by atoms with Gasteiger partial charge in [-0.05, 0) is 55.5 Å². The van der Waals surface area contributed by atoms with Gasteiger partial charge in [-0.3, -0.25) is 9.10 Å². The number of halogens is 1. The molecule has 0 aliphatic carbocycles. The van der Waals surface area contributed by atoms with Crippen molar-refractivity contribution in [3.63, 3.8) is 0 Å². The van der Waals surface area contributed by atoms with E-state index in [1.165, 1.54) is 59.8 Å². The molecule has 0 aromatic heterocycles. The molecule has 2 aromatic carbocycles. The maximum absolute atomic E-state index is 12.8. The Morgan fingerprint density at radius 3 is 2.12 bits per heavy atom. The molecule has 1 atom stereocenters. The van der Waals surface area contributed by atoms with Gasteiger partial charge >= 0.3 is 0 Å². The van der Waals surface area contributed by atoms with Crippen LogP contribution in [0.25, 0.3) is 0 Å². The molecule has 1 aliphatic rings. The van der Waals surface area contributed by atoms with E-state index in [1.54, 1.807) is 0 Å². The summed E-state index contributed by atoms with van der Waals surface area (Å²) in [5, 5.41) is 3.07. The Hall–Kier alpha value is -2.18. The van der Waals surface area contributed by atoms with E-state index in [-0.39, 0.29) is 18.0 Å². The monoisotopic (exact) mass is 501 g/mol. The number of nitrogens with zero attached hydrogens (tertiary/aromatic N) is 2. The Kier molecular flexibility index (Phi) is 7.46. The second kappa shape index (κ2) is 9.75. The topological polar surface area (TPSA) is 113 Å². The molecule has 1 heterocycles. The van der Waals surface area contributed by atoms with Gasteiger partial charge in [0, 0.05) is 23.8 Å². The molecule has 1 N–H and O–H groups in total. The number of nitrogens with one attached hydrogen (secondary N) is 1. The second-order valence-corrected chi connectivity index (χ2v) is 11.5. The molecular weight excluding hydrogens is 478 g/mol. The summed E-state index contributed by atoms with van der Waals surface area (Å²) in [5.74, 6) is -0.575. The van der Waals surface area contributed by atoms with E-state index < -0.39 is 32.0 Å². The fourth-order valence-electron chi connectivity index (χ4n) is 3.29. The summed E-state index contributed by atoms with van der Waals surface area (Å²) in [6, 6.07) is 10.8. The molecule has 0 radical (unpaired) electrons. The first-order chi connectivity index (χ1) is 15.0. The van der Waals surface area contributed by atoms with Gasteiger partial charge in [0.25, 0.3) is 0 Å². The van der Waals surface area contributed by atoms with E-state index >= 15 is 0 Å². The number of ether oxygens (including phenoxy) is 1. The first-order valence-corrected chi connectivity index (χ1v) is 13.4. The molecule has 3 rings (SSSR count). The molecule has 1 aliphatic heterocycles. The molecule has 1 saturated heterocycles. The third kappa shape index (κ3) is 5.59. The SMILES string of the molecule is C[C@H](C(=O)Nc1ccc(S(=O)(=O)N2CCOCC2)cc1)N(c1ccc(Cl)cc1)S(C)(=O)=O. The quantitative estimate of drug-likeness (QED) is 0.622. The summed E-state index contributed by atoms with van der Waals surface area (Å²) < 4.78 is 57.7. The number of carbonyl (C=O) groups excluding carboxylic acids is 1. The van der Waals surface area contributed by atoms with Gasteiger partial charge in [0.15, 0.2) is 0 Å². The van der Waals surface area contributed by atoms with Crippen LogP contribution < -0.4 is 9.62 Å². The van der Waals surface area contributed by atoms with Crippen molar-refractivity contribution in [3.8, 4) is 0 Å². The lowest BCUT2D eigenvalue weighted by Crippen LogP contribution is -2.45. The molecular formula is C20H24ClN3O6S2. The lowest BCUT2D eigenvalue weighted by molar-refractivity contribution is -0.116. The van der Waals surface area contributed by atoms with Crippen LogP contribution in [-0.4, -0.2) is 65.6 Å². The third-order valence-electron chi connectivity index (χ3n) is 4.90. The Morgan fingerprint density at radius 1 is 1.03 bits per heavy atom. The number of carbonyl (C=O) groups is 1. The molecule has 32 heavy (non-hydrogen) atoms. The van der Waals surface area contributed by atoms with Crippen molar-refractivity contribution in [2.24, 2.45) is 0 Å². The zero-order valence-electron chi connectivity index (χ0n) is 17.6. The normalized spacial score (nSPS) is 16.3. The maximum Gasteiger partial charge on any atom is 0.247 e. The number of hydrogen-bond donors (Lipinski definition) is 1. The van der Waals surface area contributed by atoms with Gasteiger partial charge in [0.2, 0.25) is 26.0 Å². The zero-order valence-corrected chi connectivity index (χ0v) is 20.0. The Morgan fingerprint density at radius 2 is 1.59 bits per heavy atom. The molecule has 0 unspecified atom stereocenters. The van der Waals surface area contributed by atoms with E-state index in [4.69, 9.17) is 16.3 Å². The summed E-state index contributed by atoms with van der Waals surface area (Å²) in [5.41, 5.74) is 0.638. The van der Waals surface area contributed by atoms with E-state index in [2.05, 4.69) is 5.32 Å². The van der Waals surface area contributed by atoms with Crippen molar-refractivity contribution in [1.29, 1.82) is 0 Å². The van der Waals surface area contributed by atoms with Gasteiger partial charge in [0.05, 0.1) is 30.1 Å². The highest BCUT2D eigenvalue weighted by molar-refractivity contribution is 7.92. The Balaban J connectivity index is 1.76. The van der Waals surface area contributed by atoms with Gasteiger partial charge in [-0.15, -0.1) is 0 Å². The third-order valence-corrected chi connectivity index (χ3v) is 8.31. The van der Waals surface area contributed by atoms with Crippen molar-refractivity contribution in [2.45, 2.75) is 17.9 Å². The molecule has 1 fully saturated rings. The van der Waals surface area contributed by atoms with Crippen molar-refractivity contribution >= 4 is 48.9 Å². The van der Waals surface area contributed by atoms with E-state index in [0.29, 0.717) is 29.6 Å². The first kappa shape index (κ1) is 24.5. The predicted octanol–water partition coefficient (Wildman–Crippen LogP) is 2.15. The Labute approximate surface area is 193 Å².